The molecule has 20 heavy (non-hydrogen) atoms. The maximum atomic E-state index is 12.4. The summed E-state index contributed by atoms with van der Waals surface area (Å²) in [5.74, 6) is -0.174. The van der Waals surface area contributed by atoms with Gasteiger partial charge in [-0.3, -0.25) is 4.79 Å². The lowest BCUT2D eigenvalue weighted by atomic mass is 9.94. The third kappa shape index (κ3) is 3.47. The highest BCUT2D eigenvalue weighted by Gasteiger charge is 2.30. The molecule has 2 heterocycles. The summed E-state index contributed by atoms with van der Waals surface area (Å²) in [5.41, 5.74) is 5.16. The molecular weight excluding hydrogens is 302 g/mol. The zero-order chi connectivity index (χ0) is 14.8. The Morgan fingerprint density at radius 1 is 1.45 bits per heavy atom. The molecule has 1 aliphatic rings. The second-order valence-corrected chi connectivity index (χ2v) is 7.16. The number of hydrogen-bond donors (Lipinski definition) is 1. The fraction of sp³-hybridized carbons (Fsp3) is 0.500. The maximum Gasteiger partial charge on any atom is 0.243 e. The minimum Gasteiger partial charge on any atom is -0.370 e. The summed E-state index contributed by atoms with van der Waals surface area (Å²) in [6.45, 7) is 0.778. The van der Waals surface area contributed by atoms with Gasteiger partial charge in [0.25, 0.3) is 0 Å². The molecule has 2 N–H and O–H groups in total. The van der Waals surface area contributed by atoms with Gasteiger partial charge in [0.2, 0.25) is 15.9 Å². The monoisotopic (exact) mass is 317 g/mol. The molecular formula is C12H16ClN3O3S. The number of primary amides is 1. The Bertz CT molecular complexity index is 598. The number of aromatic nitrogens is 1. The molecule has 0 saturated carbocycles. The van der Waals surface area contributed by atoms with Crippen LogP contribution in [0.5, 0.6) is 0 Å². The minimum atomic E-state index is -3.54. The van der Waals surface area contributed by atoms with Crippen molar-refractivity contribution in [1.29, 1.82) is 0 Å². The summed E-state index contributed by atoms with van der Waals surface area (Å²) in [5, 5.41) is 0.148. The molecule has 0 aromatic carbocycles. The van der Waals surface area contributed by atoms with Crippen LogP contribution in [-0.2, 0) is 14.8 Å². The number of nitrogens with zero attached hydrogens (tertiary/aromatic N) is 2. The van der Waals surface area contributed by atoms with Crippen LogP contribution in [0.25, 0.3) is 0 Å². The van der Waals surface area contributed by atoms with Gasteiger partial charge in [-0.1, -0.05) is 11.6 Å². The van der Waals surface area contributed by atoms with Crippen LogP contribution < -0.4 is 5.73 Å². The molecule has 6 nitrogen and oxygen atoms in total. The summed E-state index contributed by atoms with van der Waals surface area (Å²) in [7, 11) is -3.54. The van der Waals surface area contributed by atoms with Crippen molar-refractivity contribution in [1.82, 2.24) is 9.29 Å². The van der Waals surface area contributed by atoms with Crippen molar-refractivity contribution in [2.45, 2.75) is 24.2 Å². The van der Waals surface area contributed by atoms with E-state index in [9.17, 15) is 13.2 Å². The quantitative estimate of drug-likeness (QED) is 0.839. The zero-order valence-electron chi connectivity index (χ0n) is 10.8. The largest absolute Gasteiger partial charge is 0.370 e. The van der Waals surface area contributed by atoms with Gasteiger partial charge in [-0.05, 0) is 30.9 Å². The highest BCUT2D eigenvalue weighted by molar-refractivity contribution is 7.89. The van der Waals surface area contributed by atoms with Crippen molar-refractivity contribution in [2.24, 2.45) is 11.7 Å². The smallest absolute Gasteiger partial charge is 0.243 e. The minimum absolute atomic E-state index is 0.144. The van der Waals surface area contributed by atoms with Crippen LogP contribution in [0.1, 0.15) is 19.3 Å². The summed E-state index contributed by atoms with van der Waals surface area (Å²) >= 11 is 5.72. The number of pyridine rings is 1. The number of amides is 1. The molecule has 1 aromatic rings. The lowest BCUT2D eigenvalue weighted by Gasteiger charge is -2.30. The third-order valence-corrected chi connectivity index (χ3v) is 5.50. The predicted octanol–water partition coefficient (Wildman–Crippen LogP) is 1.01. The molecule has 0 atom stereocenters. The molecule has 110 valence electrons. The molecule has 1 aromatic heterocycles. The summed E-state index contributed by atoms with van der Waals surface area (Å²) in [6, 6.07) is 2.77. The number of sulfonamides is 1. The van der Waals surface area contributed by atoms with Gasteiger partial charge in [0.05, 0.1) is 4.90 Å². The molecule has 8 heteroatoms. The maximum absolute atomic E-state index is 12.4. The summed E-state index contributed by atoms with van der Waals surface area (Å²) in [6.07, 6.45) is 2.96. The Labute approximate surface area is 123 Å². The second-order valence-electron chi connectivity index (χ2n) is 4.83. The van der Waals surface area contributed by atoms with Gasteiger partial charge in [-0.15, -0.1) is 0 Å². The van der Waals surface area contributed by atoms with Gasteiger partial charge < -0.3 is 5.73 Å². The van der Waals surface area contributed by atoms with Gasteiger partial charge in [-0.2, -0.15) is 4.31 Å². The molecule has 1 saturated heterocycles. The lowest BCUT2D eigenvalue weighted by Crippen LogP contribution is -2.39. The van der Waals surface area contributed by atoms with E-state index in [2.05, 4.69) is 4.98 Å². The number of carbonyl (C=O) groups excluding carboxylic acids is 1. The van der Waals surface area contributed by atoms with Gasteiger partial charge in [0.1, 0.15) is 5.15 Å². The van der Waals surface area contributed by atoms with Crippen LogP contribution in [0, 0.1) is 5.92 Å². The summed E-state index contributed by atoms with van der Waals surface area (Å²) < 4.78 is 26.2. The zero-order valence-corrected chi connectivity index (χ0v) is 12.4. The van der Waals surface area contributed by atoms with Crippen LogP contribution in [0.2, 0.25) is 5.15 Å². The molecule has 0 spiro atoms. The SMILES string of the molecule is NC(=O)CC1CCN(S(=O)(=O)c2ccnc(Cl)c2)CC1. The van der Waals surface area contributed by atoms with Gasteiger partial charge >= 0.3 is 0 Å². The molecule has 0 aliphatic carbocycles. The van der Waals surface area contributed by atoms with Crippen molar-refractivity contribution in [3.63, 3.8) is 0 Å². The van der Waals surface area contributed by atoms with Gasteiger partial charge in [-0.25, -0.2) is 13.4 Å². The second kappa shape index (κ2) is 6.07. The average Bonchev–Trinajstić information content (AvgIpc) is 2.38. The van der Waals surface area contributed by atoms with Crippen molar-refractivity contribution < 1.29 is 13.2 Å². The molecule has 2 rings (SSSR count). The normalized spacial score (nSPS) is 18.1. The highest BCUT2D eigenvalue weighted by atomic mass is 35.5. The number of nitrogens with two attached hydrogens (primary N) is 1. The Kier molecular flexibility index (Phi) is 4.62. The fourth-order valence-electron chi connectivity index (χ4n) is 2.33. The third-order valence-electron chi connectivity index (χ3n) is 3.40. The van der Waals surface area contributed by atoms with E-state index in [1.807, 2.05) is 0 Å². The number of piperidine rings is 1. The predicted molar refractivity (Wildman–Crippen MR) is 74.5 cm³/mol. The first-order chi connectivity index (χ1) is 9.39. The van der Waals surface area contributed by atoms with E-state index in [1.165, 1.54) is 22.6 Å². The van der Waals surface area contributed by atoms with E-state index < -0.39 is 10.0 Å². The topological polar surface area (TPSA) is 93.4 Å². The molecule has 1 amide bonds. The number of carbonyl (C=O) groups is 1. The number of hydrogen-bond acceptors (Lipinski definition) is 4. The Balaban J connectivity index is 2.08. The first-order valence-corrected chi connectivity index (χ1v) is 8.11. The van der Waals surface area contributed by atoms with Crippen molar-refractivity contribution >= 4 is 27.5 Å². The van der Waals surface area contributed by atoms with Gasteiger partial charge in [0.15, 0.2) is 0 Å². The van der Waals surface area contributed by atoms with Crippen LogP contribution >= 0.6 is 11.6 Å². The number of rotatable bonds is 4. The van der Waals surface area contributed by atoms with Crippen LogP contribution in [0.4, 0.5) is 0 Å². The Hall–Kier alpha value is -1.18. The van der Waals surface area contributed by atoms with Crippen molar-refractivity contribution in [3.8, 4) is 0 Å². The van der Waals surface area contributed by atoms with E-state index in [1.54, 1.807) is 0 Å². The molecule has 0 bridgehead atoms. The van der Waals surface area contributed by atoms with Crippen LogP contribution in [0.3, 0.4) is 0 Å². The Morgan fingerprint density at radius 3 is 2.65 bits per heavy atom. The standard InChI is InChI=1S/C12H16ClN3O3S/c13-11-8-10(1-4-15-11)20(18,19)16-5-2-9(3-6-16)7-12(14)17/h1,4,8-9H,2-3,5-7H2,(H2,14,17). The van der Waals surface area contributed by atoms with E-state index in [0.717, 1.165) is 0 Å². The van der Waals surface area contributed by atoms with Crippen LogP contribution in [0.15, 0.2) is 23.2 Å². The first kappa shape index (κ1) is 15.2. The molecule has 0 unspecified atom stereocenters. The molecule has 1 aliphatic heterocycles. The average molecular weight is 318 g/mol. The number of halogens is 1. The fourth-order valence-corrected chi connectivity index (χ4v) is 4.05. The molecule has 1 fully saturated rings. The Morgan fingerprint density at radius 2 is 2.10 bits per heavy atom. The highest BCUT2D eigenvalue weighted by Crippen LogP contribution is 2.26. The van der Waals surface area contributed by atoms with E-state index >= 15 is 0 Å². The lowest BCUT2D eigenvalue weighted by molar-refractivity contribution is -0.119. The first-order valence-electron chi connectivity index (χ1n) is 6.29. The van der Waals surface area contributed by atoms with E-state index in [0.29, 0.717) is 32.4 Å². The van der Waals surface area contributed by atoms with Crippen LogP contribution in [-0.4, -0.2) is 36.7 Å². The van der Waals surface area contributed by atoms with E-state index in [-0.39, 0.29) is 21.9 Å². The summed E-state index contributed by atoms with van der Waals surface area (Å²) in [4.78, 5) is 14.8. The van der Waals surface area contributed by atoms with E-state index in [4.69, 9.17) is 17.3 Å². The van der Waals surface area contributed by atoms with Gasteiger partial charge in [0, 0.05) is 25.7 Å². The molecule has 0 radical (unpaired) electrons. The van der Waals surface area contributed by atoms with Crippen molar-refractivity contribution in [2.75, 3.05) is 13.1 Å². The van der Waals surface area contributed by atoms with Crippen molar-refractivity contribution in [3.05, 3.63) is 23.5 Å².